The third kappa shape index (κ3) is 4.33. The van der Waals surface area contributed by atoms with Crippen LogP contribution in [-0.2, 0) is 0 Å². The Balaban J connectivity index is 1.25. The fourth-order valence-corrected chi connectivity index (χ4v) is 7.84. The van der Waals surface area contributed by atoms with E-state index in [9.17, 15) is 0 Å². The van der Waals surface area contributed by atoms with Crippen molar-refractivity contribution >= 4 is 65.3 Å². The normalized spacial score (nSPS) is 11.8. The van der Waals surface area contributed by atoms with Crippen LogP contribution in [0.15, 0.2) is 174 Å². The van der Waals surface area contributed by atoms with Gasteiger partial charge in [-0.3, -0.25) is 0 Å². The molecule has 0 saturated heterocycles. The van der Waals surface area contributed by atoms with Crippen molar-refractivity contribution in [3.63, 3.8) is 0 Å². The quantitative estimate of drug-likeness (QED) is 0.188. The maximum atomic E-state index is 6.88. The first-order chi connectivity index (χ1) is 25.8. The zero-order valence-electron chi connectivity index (χ0n) is 27.9. The van der Waals surface area contributed by atoms with Gasteiger partial charge < -0.3 is 8.98 Å². The number of para-hydroxylation sites is 1. The van der Waals surface area contributed by atoms with Gasteiger partial charge in [0.15, 0.2) is 23.1 Å². The van der Waals surface area contributed by atoms with Gasteiger partial charge in [-0.25, -0.2) is 15.0 Å². The Kier molecular flexibility index (Phi) is 6.18. The van der Waals surface area contributed by atoms with Gasteiger partial charge in [-0.05, 0) is 57.9 Å². The van der Waals surface area contributed by atoms with Gasteiger partial charge in [0, 0.05) is 38.2 Å². The minimum absolute atomic E-state index is 0.593. The van der Waals surface area contributed by atoms with E-state index in [0.29, 0.717) is 17.5 Å². The summed E-state index contributed by atoms with van der Waals surface area (Å²) in [5.74, 6) is 1.83. The van der Waals surface area contributed by atoms with Gasteiger partial charge >= 0.3 is 0 Å². The molecule has 242 valence electrons. The summed E-state index contributed by atoms with van der Waals surface area (Å²) < 4.78 is 9.25. The number of fused-ring (bicyclic) bond motifs is 9. The molecule has 11 aromatic rings. The molecule has 3 heterocycles. The molecule has 0 atom stereocenters. The minimum atomic E-state index is 0.593. The summed E-state index contributed by atoms with van der Waals surface area (Å²) >= 11 is 0. The van der Waals surface area contributed by atoms with Crippen molar-refractivity contribution in [2.24, 2.45) is 0 Å². The van der Waals surface area contributed by atoms with E-state index >= 15 is 0 Å². The number of nitrogens with zero attached hydrogens (tertiary/aromatic N) is 4. The average Bonchev–Trinajstić information content (AvgIpc) is 3.76. The van der Waals surface area contributed by atoms with Gasteiger partial charge in [0.25, 0.3) is 0 Å². The molecule has 0 amide bonds. The minimum Gasteiger partial charge on any atom is -0.454 e. The van der Waals surface area contributed by atoms with Gasteiger partial charge in [0.1, 0.15) is 5.58 Å². The first-order valence-corrected chi connectivity index (χ1v) is 17.5. The fraction of sp³-hybridized carbons (Fsp3) is 0. The van der Waals surface area contributed by atoms with Crippen LogP contribution in [0, 0.1) is 0 Å². The van der Waals surface area contributed by atoms with Crippen LogP contribution in [-0.4, -0.2) is 19.5 Å². The molecule has 0 radical (unpaired) electrons. The molecule has 0 spiro atoms. The third-order valence-electron chi connectivity index (χ3n) is 10.2. The van der Waals surface area contributed by atoms with Crippen LogP contribution in [0.25, 0.3) is 105 Å². The molecule has 11 rings (SSSR count). The van der Waals surface area contributed by atoms with E-state index in [1.165, 1.54) is 32.3 Å². The highest BCUT2D eigenvalue weighted by molar-refractivity contribution is 6.24. The topological polar surface area (TPSA) is 56.7 Å². The number of aromatic nitrogens is 4. The third-order valence-corrected chi connectivity index (χ3v) is 10.2. The Morgan fingerprint density at radius 1 is 0.404 bits per heavy atom. The van der Waals surface area contributed by atoms with E-state index in [1.807, 2.05) is 72.8 Å². The van der Waals surface area contributed by atoms with Crippen LogP contribution in [0.1, 0.15) is 0 Å². The van der Waals surface area contributed by atoms with E-state index in [4.69, 9.17) is 19.4 Å². The molecular formula is C47H28N4O. The van der Waals surface area contributed by atoms with Crippen LogP contribution < -0.4 is 0 Å². The molecule has 0 saturated carbocycles. The van der Waals surface area contributed by atoms with Crippen molar-refractivity contribution in [2.75, 3.05) is 0 Å². The molecular weight excluding hydrogens is 637 g/mol. The van der Waals surface area contributed by atoms with Crippen LogP contribution in [0.3, 0.4) is 0 Å². The Labute approximate surface area is 298 Å². The monoisotopic (exact) mass is 664 g/mol. The van der Waals surface area contributed by atoms with Gasteiger partial charge in [0.2, 0.25) is 0 Å². The molecule has 0 aliphatic heterocycles. The van der Waals surface area contributed by atoms with Gasteiger partial charge in [0.05, 0.1) is 16.7 Å². The van der Waals surface area contributed by atoms with E-state index in [-0.39, 0.29) is 0 Å². The van der Waals surface area contributed by atoms with Crippen LogP contribution >= 0.6 is 0 Å². The lowest BCUT2D eigenvalue weighted by atomic mass is 10.0. The number of furan rings is 1. The first-order valence-electron chi connectivity index (χ1n) is 17.5. The summed E-state index contributed by atoms with van der Waals surface area (Å²) in [7, 11) is 0. The molecule has 0 aliphatic carbocycles. The summed E-state index contributed by atoms with van der Waals surface area (Å²) in [5, 5.41) is 9.24. The fourth-order valence-electron chi connectivity index (χ4n) is 7.84. The summed E-state index contributed by atoms with van der Waals surface area (Å²) in [6.45, 7) is 0. The highest BCUT2D eigenvalue weighted by atomic mass is 16.3. The van der Waals surface area contributed by atoms with Crippen molar-refractivity contribution in [3.8, 4) is 39.9 Å². The molecule has 0 unspecified atom stereocenters. The Morgan fingerprint density at radius 3 is 1.73 bits per heavy atom. The van der Waals surface area contributed by atoms with Crippen molar-refractivity contribution < 1.29 is 4.42 Å². The molecule has 0 N–H and O–H groups in total. The lowest BCUT2D eigenvalue weighted by Crippen LogP contribution is -2.01. The molecule has 0 aliphatic rings. The van der Waals surface area contributed by atoms with Crippen LogP contribution in [0.4, 0.5) is 0 Å². The molecule has 8 aromatic carbocycles. The van der Waals surface area contributed by atoms with E-state index in [0.717, 1.165) is 55.3 Å². The zero-order chi connectivity index (χ0) is 34.2. The lowest BCUT2D eigenvalue weighted by molar-refractivity contribution is 0.666. The summed E-state index contributed by atoms with van der Waals surface area (Å²) in [4.78, 5) is 15.2. The highest BCUT2D eigenvalue weighted by Crippen LogP contribution is 2.44. The zero-order valence-corrected chi connectivity index (χ0v) is 27.9. The maximum Gasteiger partial charge on any atom is 0.164 e. The number of rotatable bonds is 4. The Bertz CT molecular complexity index is 3120. The highest BCUT2D eigenvalue weighted by Gasteiger charge is 2.23. The second kappa shape index (κ2) is 11.2. The van der Waals surface area contributed by atoms with Crippen molar-refractivity contribution in [1.82, 2.24) is 19.5 Å². The molecule has 5 nitrogen and oxygen atoms in total. The van der Waals surface area contributed by atoms with Crippen molar-refractivity contribution in [1.29, 1.82) is 0 Å². The summed E-state index contributed by atoms with van der Waals surface area (Å²) in [6.07, 6.45) is 0. The first kappa shape index (κ1) is 28.7. The predicted octanol–water partition coefficient (Wildman–Crippen LogP) is 12.2. The standard InChI is InChI=1S/C47H28N4O/c1-3-14-30(15-4-1)45-48-46(31-16-5-2-6-17-31)50-47(49-45)36-24-26-39(44-43(36)35-21-11-12-22-41(35)52-44)51-38-25-23-29-13-9-10-20-34(29)42(38)37-27-32-18-7-8-19-33(32)28-40(37)51/h1-28H. The Morgan fingerprint density at radius 2 is 1.00 bits per heavy atom. The van der Waals surface area contributed by atoms with Gasteiger partial charge in [-0.15, -0.1) is 0 Å². The average molecular weight is 665 g/mol. The van der Waals surface area contributed by atoms with E-state index < -0.39 is 0 Å². The molecule has 3 aromatic heterocycles. The SMILES string of the molecule is c1ccc(-c2nc(-c3ccccc3)nc(-c3ccc(-n4c5cc6ccccc6cc5c5c6ccccc6ccc54)c4oc5ccccc5c34)n2)cc1. The van der Waals surface area contributed by atoms with Crippen molar-refractivity contribution in [3.05, 3.63) is 170 Å². The second-order valence-corrected chi connectivity index (χ2v) is 13.2. The van der Waals surface area contributed by atoms with Gasteiger partial charge in [-0.2, -0.15) is 0 Å². The smallest absolute Gasteiger partial charge is 0.164 e. The van der Waals surface area contributed by atoms with E-state index in [1.54, 1.807) is 0 Å². The van der Waals surface area contributed by atoms with Crippen LogP contribution in [0.5, 0.6) is 0 Å². The van der Waals surface area contributed by atoms with Gasteiger partial charge in [-0.1, -0.05) is 133 Å². The largest absolute Gasteiger partial charge is 0.454 e. The summed E-state index contributed by atoms with van der Waals surface area (Å²) in [5.41, 5.74) is 7.54. The number of hydrogen-bond donors (Lipinski definition) is 0. The molecule has 0 fully saturated rings. The number of hydrogen-bond acceptors (Lipinski definition) is 4. The Hall–Kier alpha value is -7.11. The van der Waals surface area contributed by atoms with Crippen LogP contribution in [0.2, 0.25) is 0 Å². The second-order valence-electron chi connectivity index (χ2n) is 13.2. The van der Waals surface area contributed by atoms with E-state index in [2.05, 4.69) is 102 Å². The maximum absolute atomic E-state index is 6.88. The number of benzene rings is 8. The van der Waals surface area contributed by atoms with Crippen molar-refractivity contribution in [2.45, 2.75) is 0 Å². The summed E-state index contributed by atoms with van der Waals surface area (Å²) in [6, 6.07) is 59.1. The predicted molar refractivity (Wildman–Crippen MR) is 213 cm³/mol. The molecule has 5 heteroatoms. The molecule has 52 heavy (non-hydrogen) atoms. The lowest BCUT2D eigenvalue weighted by Gasteiger charge is -2.13. The molecule has 0 bridgehead atoms.